The third kappa shape index (κ3) is 3.98. The van der Waals surface area contributed by atoms with Gasteiger partial charge in [0.15, 0.2) is 6.61 Å². The predicted octanol–water partition coefficient (Wildman–Crippen LogP) is 1.35. The molecule has 1 saturated heterocycles. The van der Waals surface area contributed by atoms with E-state index in [0.717, 1.165) is 0 Å². The van der Waals surface area contributed by atoms with Gasteiger partial charge in [0.05, 0.1) is 24.7 Å². The van der Waals surface area contributed by atoms with E-state index in [4.69, 9.17) is 14.7 Å². The van der Waals surface area contributed by atoms with Crippen molar-refractivity contribution < 1.29 is 19.1 Å². The number of nitrogens with zero attached hydrogens (tertiary/aromatic N) is 2. The molecule has 1 fully saturated rings. The first kappa shape index (κ1) is 15.8. The van der Waals surface area contributed by atoms with Crippen LogP contribution in [0.5, 0.6) is 5.75 Å². The summed E-state index contributed by atoms with van der Waals surface area (Å²) in [6.07, 6.45) is 1.24. The number of hydrogen-bond acceptors (Lipinski definition) is 5. The summed E-state index contributed by atoms with van der Waals surface area (Å²) in [7, 11) is 1.38. The Kier molecular flexibility index (Phi) is 5.37. The minimum Gasteiger partial charge on any atom is -0.484 e. The van der Waals surface area contributed by atoms with Crippen molar-refractivity contribution in [2.24, 2.45) is 5.92 Å². The fourth-order valence-corrected chi connectivity index (χ4v) is 2.39. The van der Waals surface area contributed by atoms with Crippen LogP contribution in [0, 0.1) is 17.2 Å². The Hall–Kier alpha value is -2.55. The minimum absolute atomic E-state index is 0.0468. The van der Waals surface area contributed by atoms with Gasteiger partial charge in [-0.3, -0.25) is 9.59 Å². The Morgan fingerprint density at radius 1 is 1.27 bits per heavy atom. The first-order chi connectivity index (χ1) is 10.6. The van der Waals surface area contributed by atoms with E-state index in [1.165, 1.54) is 7.11 Å². The number of likely N-dealkylation sites (tertiary alicyclic amines) is 1. The summed E-state index contributed by atoms with van der Waals surface area (Å²) in [4.78, 5) is 25.2. The topological polar surface area (TPSA) is 79.6 Å². The summed E-state index contributed by atoms with van der Waals surface area (Å²) in [5.41, 5.74) is 0.545. The van der Waals surface area contributed by atoms with E-state index in [1.807, 2.05) is 6.07 Å². The molecule has 0 saturated carbocycles. The average Bonchev–Trinajstić information content (AvgIpc) is 2.59. The van der Waals surface area contributed by atoms with Gasteiger partial charge in [-0.15, -0.1) is 0 Å². The number of carbonyl (C=O) groups is 2. The minimum atomic E-state index is -0.207. The zero-order valence-electron chi connectivity index (χ0n) is 12.4. The second-order valence-corrected chi connectivity index (χ2v) is 5.10. The Bertz CT molecular complexity index is 569. The SMILES string of the molecule is COC(=O)C1CCN(C(=O)COc2ccc(C#N)cc2)CC1. The summed E-state index contributed by atoms with van der Waals surface area (Å²) < 4.78 is 10.1. The van der Waals surface area contributed by atoms with Crippen LogP contribution in [-0.4, -0.2) is 43.6 Å². The van der Waals surface area contributed by atoms with Crippen LogP contribution in [0.1, 0.15) is 18.4 Å². The number of amides is 1. The van der Waals surface area contributed by atoms with Gasteiger partial charge in [0.2, 0.25) is 0 Å². The van der Waals surface area contributed by atoms with Gasteiger partial charge < -0.3 is 14.4 Å². The summed E-state index contributed by atoms with van der Waals surface area (Å²) in [6, 6.07) is 8.63. The predicted molar refractivity (Wildman–Crippen MR) is 78.0 cm³/mol. The van der Waals surface area contributed by atoms with Crippen molar-refractivity contribution in [1.29, 1.82) is 5.26 Å². The van der Waals surface area contributed by atoms with E-state index in [2.05, 4.69) is 0 Å². The summed E-state index contributed by atoms with van der Waals surface area (Å²) in [5, 5.41) is 8.71. The third-order valence-corrected chi connectivity index (χ3v) is 3.73. The van der Waals surface area contributed by atoms with Crippen LogP contribution in [0.15, 0.2) is 24.3 Å². The van der Waals surface area contributed by atoms with Gasteiger partial charge >= 0.3 is 5.97 Å². The van der Waals surface area contributed by atoms with Crippen LogP contribution in [-0.2, 0) is 14.3 Å². The van der Waals surface area contributed by atoms with Crippen molar-refractivity contribution in [1.82, 2.24) is 4.90 Å². The molecule has 6 heteroatoms. The van der Waals surface area contributed by atoms with Crippen molar-refractivity contribution in [3.05, 3.63) is 29.8 Å². The molecule has 0 aliphatic carbocycles. The zero-order valence-corrected chi connectivity index (χ0v) is 12.4. The molecule has 1 heterocycles. The average molecular weight is 302 g/mol. The maximum Gasteiger partial charge on any atom is 0.308 e. The van der Waals surface area contributed by atoms with Crippen molar-refractivity contribution in [3.8, 4) is 11.8 Å². The molecule has 1 aliphatic rings. The Morgan fingerprint density at radius 3 is 2.45 bits per heavy atom. The monoisotopic (exact) mass is 302 g/mol. The van der Waals surface area contributed by atoms with Crippen LogP contribution >= 0.6 is 0 Å². The highest BCUT2D eigenvalue weighted by Gasteiger charge is 2.27. The van der Waals surface area contributed by atoms with Crippen LogP contribution in [0.25, 0.3) is 0 Å². The smallest absolute Gasteiger partial charge is 0.308 e. The first-order valence-electron chi connectivity index (χ1n) is 7.12. The number of ether oxygens (including phenoxy) is 2. The molecule has 2 rings (SSSR count). The second-order valence-electron chi connectivity index (χ2n) is 5.10. The number of piperidine rings is 1. The Labute approximate surface area is 129 Å². The Morgan fingerprint density at radius 2 is 1.91 bits per heavy atom. The van der Waals surface area contributed by atoms with Gasteiger partial charge in [0.25, 0.3) is 5.91 Å². The molecule has 0 N–H and O–H groups in total. The molecular weight excluding hydrogens is 284 g/mol. The van der Waals surface area contributed by atoms with Gasteiger partial charge in [0, 0.05) is 13.1 Å². The molecule has 1 amide bonds. The largest absolute Gasteiger partial charge is 0.484 e. The number of nitriles is 1. The first-order valence-corrected chi connectivity index (χ1v) is 7.12. The molecule has 1 aliphatic heterocycles. The van der Waals surface area contributed by atoms with Gasteiger partial charge in [-0.1, -0.05) is 0 Å². The molecular formula is C16H18N2O4. The van der Waals surface area contributed by atoms with Gasteiger partial charge in [0.1, 0.15) is 5.75 Å². The number of carbonyl (C=O) groups excluding carboxylic acids is 2. The molecule has 0 atom stereocenters. The number of benzene rings is 1. The summed E-state index contributed by atoms with van der Waals surface area (Å²) in [6.45, 7) is 1.03. The van der Waals surface area contributed by atoms with E-state index >= 15 is 0 Å². The standard InChI is InChI=1S/C16H18N2O4/c1-21-16(20)13-6-8-18(9-7-13)15(19)11-22-14-4-2-12(10-17)3-5-14/h2-5,13H,6-9,11H2,1H3. The zero-order chi connectivity index (χ0) is 15.9. The molecule has 0 unspecified atom stereocenters. The van der Waals surface area contributed by atoms with Crippen LogP contribution in [0.3, 0.4) is 0 Å². The molecule has 1 aromatic rings. The lowest BCUT2D eigenvalue weighted by Gasteiger charge is -2.30. The maximum atomic E-state index is 12.1. The van der Waals surface area contributed by atoms with Crippen molar-refractivity contribution >= 4 is 11.9 Å². The summed E-state index contributed by atoms with van der Waals surface area (Å²) in [5.74, 6) is 0.124. The highest BCUT2D eigenvalue weighted by Crippen LogP contribution is 2.19. The third-order valence-electron chi connectivity index (χ3n) is 3.73. The second kappa shape index (κ2) is 7.46. The van der Waals surface area contributed by atoms with E-state index < -0.39 is 0 Å². The maximum absolute atomic E-state index is 12.1. The number of hydrogen-bond donors (Lipinski definition) is 0. The number of esters is 1. The fraction of sp³-hybridized carbons (Fsp3) is 0.438. The van der Waals surface area contributed by atoms with Crippen LogP contribution < -0.4 is 4.74 Å². The highest BCUT2D eigenvalue weighted by atomic mass is 16.5. The molecule has 0 bridgehead atoms. The molecule has 0 aromatic heterocycles. The fourth-order valence-electron chi connectivity index (χ4n) is 2.39. The highest BCUT2D eigenvalue weighted by molar-refractivity contribution is 5.78. The lowest BCUT2D eigenvalue weighted by atomic mass is 9.97. The van der Waals surface area contributed by atoms with E-state index in [1.54, 1.807) is 29.2 Å². The summed E-state index contributed by atoms with van der Waals surface area (Å²) >= 11 is 0. The lowest BCUT2D eigenvalue weighted by molar-refractivity contribution is -0.149. The quantitative estimate of drug-likeness (QED) is 0.784. The van der Waals surface area contributed by atoms with Crippen LogP contribution in [0.4, 0.5) is 0 Å². The van der Waals surface area contributed by atoms with Gasteiger partial charge in [-0.05, 0) is 37.1 Å². The number of rotatable bonds is 4. The van der Waals surface area contributed by atoms with E-state index in [0.29, 0.717) is 37.2 Å². The number of methoxy groups -OCH3 is 1. The molecule has 6 nitrogen and oxygen atoms in total. The van der Waals surface area contributed by atoms with E-state index in [9.17, 15) is 9.59 Å². The molecule has 1 aromatic carbocycles. The van der Waals surface area contributed by atoms with Gasteiger partial charge in [-0.25, -0.2) is 0 Å². The van der Waals surface area contributed by atoms with Crippen molar-refractivity contribution in [3.63, 3.8) is 0 Å². The van der Waals surface area contributed by atoms with Gasteiger partial charge in [-0.2, -0.15) is 5.26 Å². The van der Waals surface area contributed by atoms with E-state index in [-0.39, 0.29) is 24.4 Å². The van der Waals surface area contributed by atoms with Crippen molar-refractivity contribution in [2.45, 2.75) is 12.8 Å². The lowest BCUT2D eigenvalue weighted by Crippen LogP contribution is -2.42. The molecule has 116 valence electrons. The molecule has 0 spiro atoms. The van der Waals surface area contributed by atoms with Crippen LogP contribution in [0.2, 0.25) is 0 Å². The normalized spacial score (nSPS) is 15.0. The van der Waals surface area contributed by atoms with Crippen molar-refractivity contribution in [2.75, 3.05) is 26.8 Å². The molecule has 22 heavy (non-hydrogen) atoms. The molecule has 0 radical (unpaired) electrons. The Balaban J connectivity index is 1.78.